The number of carboxylic acids is 1. The number of alkyl halides is 1. The van der Waals surface area contributed by atoms with Crippen molar-refractivity contribution in [3.8, 4) is 0 Å². The number of hydrogen-bond acceptors (Lipinski definition) is 2. The van der Waals surface area contributed by atoms with Gasteiger partial charge in [-0.15, -0.1) is 0 Å². The van der Waals surface area contributed by atoms with Crippen LogP contribution in [0.4, 0.5) is 4.39 Å². The molecule has 0 radical (unpaired) electrons. The topological polar surface area (TPSA) is 54.4 Å². The van der Waals surface area contributed by atoms with Crippen LogP contribution in [0.1, 0.15) is 10.4 Å². The zero-order valence-corrected chi connectivity index (χ0v) is 6.81. The predicted octanol–water partition coefficient (Wildman–Crippen LogP) is 1.54. The molecule has 0 atom stereocenters. The Morgan fingerprint density at radius 1 is 1.38 bits per heavy atom. The quantitative estimate of drug-likeness (QED) is 0.709. The summed E-state index contributed by atoms with van der Waals surface area (Å²) >= 11 is 0. The normalized spacial score (nSPS) is 8.08. The lowest BCUT2D eigenvalue weighted by Gasteiger charge is -1.81. The molecule has 0 aromatic heterocycles. The van der Waals surface area contributed by atoms with Crippen LogP contribution in [0.25, 0.3) is 0 Å². The number of hydrogen-bond donors (Lipinski definition) is 1. The third kappa shape index (κ3) is 6.68. The van der Waals surface area contributed by atoms with Crippen molar-refractivity contribution in [3.05, 3.63) is 35.9 Å². The lowest BCUT2D eigenvalue weighted by molar-refractivity contribution is -0.137. The van der Waals surface area contributed by atoms with Crippen molar-refractivity contribution in [1.82, 2.24) is 0 Å². The number of aliphatic carboxylic acids is 1. The molecule has 0 unspecified atom stereocenters. The summed E-state index contributed by atoms with van der Waals surface area (Å²) in [5.41, 5.74) is 0.729. The first-order valence-electron chi connectivity index (χ1n) is 3.48. The fourth-order valence-corrected chi connectivity index (χ4v) is 0.532. The van der Waals surface area contributed by atoms with Crippen molar-refractivity contribution in [1.29, 1.82) is 0 Å². The van der Waals surface area contributed by atoms with E-state index in [-0.39, 0.29) is 0 Å². The Morgan fingerprint density at radius 3 is 2.08 bits per heavy atom. The number of aldehydes is 1. The Bertz CT molecular complexity index is 259. The maximum atomic E-state index is 10.5. The molecule has 1 N–H and O–H groups in total. The standard InChI is InChI=1S/C7H6O.C2H3FO2/c8-6-7-4-2-1-3-5-7;3-1-2(4)5/h1-6H;1H2,(H,4,5). The molecular weight excluding hydrogens is 175 g/mol. The first kappa shape index (κ1) is 11.3. The van der Waals surface area contributed by atoms with Gasteiger partial charge in [0.2, 0.25) is 0 Å². The first-order valence-corrected chi connectivity index (χ1v) is 3.48. The van der Waals surface area contributed by atoms with E-state index in [1.54, 1.807) is 12.1 Å². The van der Waals surface area contributed by atoms with Gasteiger partial charge in [-0.3, -0.25) is 4.79 Å². The first-order chi connectivity index (χ1) is 6.20. The van der Waals surface area contributed by atoms with E-state index >= 15 is 0 Å². The highest BCUT2D eigenvalue weighted by Gasteiger charge is 1.85. The van der Waals surface area contributed by atoms with Crippen molar-refractivity contribution < 1.29 is 19.1 Å². The Kier molecular flexibility index (Phi) is 6.05. The summed E-state index contributed by atoms with van der Waals surface area (Å²) in [5.74, 6) is -1.41. The lowest BCUT2D eigenvalue weighted by Crippen LogP contribution is -1.93. The van der Waals surface area contributed by atoms with Crippen LogP contribution in [0, 0.1) is 0 Å². The summed E-state index contributed by atoms with van der Waals surface area (Å²) in [5, 5.41) is 7.35. The van der Waals surface area contributed by atoms with E-state index in [0.29, 0.717) is 0 Å². The van der Waals surface area contributed by atoms with Gasteiger partial charge in [-0.1, -0.05) is 30.3 Å². The number of halogens is 1. The maximum absolute atomic E-state index is 10.5. The van der Waals surface area contributed by atoms with Gasteiger partial charge in [-0.25, -0.2) is 9.18 Å². The third-order valence-corrected chi connectivity index (χ3v) is 1.05. The van der Waals surface area contributed by atoms with E-state index in [1.807, 2.05) is 18.2 Å². The molecule has 0 aliphatic rings. The molecule has 0 bridgehead atoms. The van der Waals surface area contributed by atoms with Crippen molar-refractivity contribution >= 4 is 12.3 Å². The SMILES string of the molecule is O=C(O)CF.O=Cc1ccccc1. The molecule has 3 nitrogen and oxygen atoms in total. The van der Waals surface area contributed by atoms with E-state index in [2.05, 4.69) is 0 Å². The van der Waals surface area contributed by atoms with Gasteiger partial charge in [0.05, 0.1) is 0 Å². The van der Waals surface area contributed by atoms with E-state index in [9.17, 15) is 9.18 Å². The Labute approximate surface area is 74.8 Å². The molecule has 0 aliphatic heterocycles. The van der Waals surface area contributed by atoms with E-state index in [1.165, 1.54) is 0 Å². The highest BCUT2D eigenvalue weighted by atomic mass is 19.1. The molecule has 0 fully saturated rings. The molecule has 0 heterocycles. The molecule has 0 saturated heterocycles. The van der Waals surface area contributed by atoms with Gasteiger partial charge in [-0.2, -0.15) is 0 Å². The fraction of sp³-hybridized carbons (Fsp3) is 0.111. The van der Waals surface area contributed by atoms with E-state index in [4.69, 9.17) is 9.90 Å². The molecule has 0 saturated carbocycles. The van der Waals surface area contributed by atoms with Gasteiger partial charge >= 0.3 is 5.97 Å². The van der Waals surface area contributed by atoms with E-state index in [0.717, 1.165) is 11.8 Å². The number of carbonyl (C=O) groups excluding carboxylic acids is 1. The molecule has 0 spiro atoms. The molecule has 4 heteroatoms. The summed E-state index contributed by atoms with van der Waals surface area (Å²) < 4.78 is 10.5. The number of benzene rings is 1. The van der Waals surface area contributed by atoms with Gasteiger partial charge in [0.25, 0.3) is 0 Å². The fourth-order valence-electron chi connectivity index (χ4n) is 0.532. The van der Waals surface area contributed by atoms with Crippen molar-refractivity contribution in [2.75, 3.05) is 6.67 Å². The van der Waals surface area contributed by atoms with Gasteiger partial charge in [-0.05, 0) is 0 Å². The minimum Gasteiger partial charge on any atom is -0.479 e. The summed E-state index contributed by atoms with van der Waals surface area (Å²) in [6.45, 7) is -1.28. The molecule has 70 valence electrons. The second-order valence-corrected chi connectivity index (χ2v) is 2.06. The minimum absolute atomic E-state index is 0.729. The van der Waals surface area contributed by atoms with Gasteiger partial charge < -0.3 is 5.11 Å². The number of carboxylic acid groups (broad SMARTS) is 1. The van der Waals surface area contributed by atoms with Crippen molar-refractivity contribution in [2.45, 2.75) is 0 Å². The number of rotatable bonds is 2. The van der Waals surface area contributed by atoms with Crippen LogP contribution in [-0.2, 0) is 4.79 Å². The Hall–Kier alpha value is -1.71. The van der Waals surface area contributed by atoms with Crippen LogP contribution in [0.5, 0.6) is 0 Å². The van der Waals surface area contributed by atoms with Crippen LogP contribution >= 0.6 is 0 Å². The minimum atomic E-state index is -1.41. The van der Waals surface area contributed by atoms with E-state index < -0.39 is 12.6 Å². The molecule has 0 aliphatic carbocycles. The van der Waals surface area contributed by atoms with Gasteiger partial charge in [0.15, 0.2) is 6.67 Å². The summed E-state index contributed by atoms with van der Waals surface area (Å²) in [4.78, 5) is 19.0. The van der Waals surface area contributed by atoms with Crippen LogP contribution < -0.4 is 0 Å². The van der Waals surface area contributed by atoms with Crippen molar-refractivity contribution in [3.63, 3.8) is 0 Å². The molecular formula is C9H9FO3. The van der Waals surface area contributed by atoms with Gasteiger partial charge in [0.1, 0.15) is 6.29 Å². The lowest BCUT2D eigenvalue weighted by atomic mass is 10.2. The Morgan fingerprint density at radius 2 is 1.85 bits per heavy atom. The summed E-state index contributed by atoms with van der Waals surface area (Å²) in [6.07, 6.45) is 0.833. The second kappa shape index (κ2) is 6.97. The monoisotopic (exact) mass is 184 g/mol. The maximum Gasteiger partial charge on any atom is 0.335 e. The highest BCUT2D eigenvalue weighted by Crippen LogP contribution is 1.91. The molecule has 13 heavy (non-hydrogen) atoms. The average molecular weight is 184 g/mol. The van der Waals surface area contributed by atoms with Crippen LogP contribution in [-0.4, -0.2) is 24.0 Å². The largest absolute Gasteiger partial charge is 0.479 e. The molecule has 0 amide bonds. The zero-order valence-electron chi connectivity index (χ0n) is 6.81. The second-order valence-electron chi connectivity index (χ2n) is 2.06. The van der Waals surface area contributed by atoms with Crippen LogP contribution in [0.3, 0.4) is 0 Å². The highest BCUT2D eigenvalue weighted by molar-refractivity contribution is 5.74. The summed E-state index contributed by atoms with van der Waals surface area (Å²) in [6, 6.07) is 9.10. The molecule has 1 rings (SSSR count). The Balaban J connectivity index is 0.000000252. The molecule has 1 aromatic rings. The predicted molar refractivity (Wildman–Crippen MR) is 45.4 cm³/mol. The smallest absolute Gasteiger partial charge is 0.335 e. The van der Waals surface area contributed by atoms with Crippen LogP contribution in [0.2, 0.25) is 0 Å². The van der Waals surface area contributed by atoms with Crippen molar-refractivity contribution in [2.24, 2.45) is 0 Å². The third-order valence-electron chi connectivity index (χ3n) is 1.05. The summed E-state index contributed by atoms with van der Waals surface area (Å²) in [7, 11) is 0. The van der Waals surface area contributed by atoms with Crippen LogP contribution in [0.15, 0.2) is 30.3 Å². The average Bonchev–Trinajstić information content (AvgIpc) is 2.20. The van der Waals surface area contributed by atoms with Gasteiger partial charge in [0, 0.05) is 5.56 Å². The number of carbonyl (C=O) groups is 2. The zero-order chi connectivity index (χ0) is 10.1. The molecule has 1 aromatic carbocycles.